The molecule has 1 atom stereocenters. The summed E-state index contributed by atoms with van der Waals surface area (Å²) < 4.78 is 5.43. The lowest BCUT2D eigenvalue weighted by atomic mass is 10.1. The topological polar surface area (TPSA) is 38.5 Å². The van der Waals surface area contributed by atoms with Crippen LogP contribution in [0.4, 0.5) is 0 Å². The Morgan fingerprint density at radius 3 is 2.71 bits per heavy atom. The maximum Gasteiger partial charge on any atom is 0.119 e. The zero-order valence-electron chi connectivity index (χ0n) is 10.6. The molecule has 0 spiro atoms. The third kappa shape index (κ3) is 3.72. The van der Waals surface area contributed by atoms with E-state index in [0.717, 1.165) is 44.8 Å². The summed E-state index contributed by atoms with van der Waals surface area (Å²) in [5.74, 6) is 0.958. The van der Waals surface area contributed by atoms with Crippen LogP contribution in [0.1, 0.15) is 18.9 Å². The molecule has 0 aliphatic carbocycles. The average Bonchev–Trinajstić information content (AvgIpc) is 2.75. The van der Waals surface area contributed by atoms with Crippen LogP contribution in [0.2, 0.25) is 0 Å². The first-order valence-corrected chi connectivity index (χ1v) is 6.47. The van der Waals surface area contributed by atoms with Crippen molar-refractivity contribution < 1.29 is 4.74 Å². The molecule has 3 nitrogen and oxygen atoms in total. The molecular weight excluding hydrogens is 212 g/mol. The third-order valence-corrected chi connectivity index (χ3v) is 3.26. The fraction of sp³-hybridized carbons (Fsp3) is 0.571. The zero-order chi connectivity index (χ0) is 12.1. The SMILES string of the molecule is CCOc1ccc(CCN2CCC(N)C2)cc1. The largest absolute Gasteiger partial charge is 0.494 e. The fourth-order valence-electron chi connectivity index (χ4n) is 2.27. The van der Waals surface area contributed by atoms with Crippen LogP contribution in [-0.4, -0.2) is 37.2 Å². The van der Waals surface area contributed by atoms with E-state index < -0.39 is 0 Å². The Kier molecular flexibility index (Phi) is 4.40. The van der Waals surface area contributed by atoms with Crippen LogP contribution in [-0.2, 0) is 6.42 Å². The zero-order valence-corrected chi connectivity index (χ0v) is 10.6. The molecule has 0 aromatic heterocycles. The number of benzene rings is 1. The summed E-state index contributed by atoms with van der Waals surface area (Å²) in [6, 6.07) is 8.79. The van der Waals surface area contributed by atoms with Crippen molar-refractivity contribution in [2.45, 2.75) is 25.8 Å². The normalized spacial score (nSPS) is 20.7. The van der Waals surface area contributed by atoms with Crippen LogP contribution in [0.5, 0.6) is 5.75 Å². The molecule has 0 saturated carbocycles. The van der Waals surface area contributed by atoms with Gasteiger partial charge in [-0.2, -0.15) is 0 Å². The maximum atomic E-state index is 5.89. The predicted molar refractivity (Wildman–Crippen MR) is 70.3 cm³/mol. The monoisotopic (exact) mass is 234 g/mol. The van der Waals surface area contributed by atoms with Crippen LogP contribution in [0.15, 0.2) is 24.3 Å². The summed E-state index contributed by atoms with van der Waals surface area (Å²) in [6.07, 6.45) is 2.24. The molecule has 1 fully saturated rings. The number of ether oxygens (including phenoxy) is 1. The van der Waals surface area contributed by atoms with Crippen molar-refractivity contribution in [1.29, 1.82) is 0 Å². The molecule has 2 N–H and O–H groups in total. The number of hydrogen-bond acceptors (Lipinski definition) is 3. The smallest absolute Gasteiger partial charge is 0.119 e. The Morgan fingerprint density at radius 2 is 2.12 bits per heavy atom. The van der Waals surface area contributed by atoms with Gasteiger partial charge in [0.15, 0.2) is 0 Å². The number of hydrogen-bond donors (Lipinski definition) is 1. The lowest BCUT2D eigenvalue weighted by Gasteiger charge is -2.14. The van der Waals surface area contributed by atoms with Crippen molar-refractivity contribution in [3.8, 4) is 5.75 Å². The molecule has 1 heterocycles. The molecule has 1 unspecified atom stereocenters. The first kappa shape index (κ1) is 12.4. The molecule has 1 aromatic carbocycles. The molecule has 1 aliphatic heterocycles. The van der Waals surface area contributed by atoms with E-state index in [-0.39, 0.29) is 0 Å². The number of nitrogens with two attached hydrogens (primary N) is 1. The number of rotatable bonds is 5. The van der Waals surface area contributed by atoms with E-state index in [9.17, 15) is 0 Å². The van der Waals surface area contributed by atoms with Crippen molar-refractivity contribution in [2.24, 2.45) is 5.73 Å². The highest BCUT2D eigenvalue weighted by molar-refractivity contribution is 5.27. The van der Waals surface area contributed by atoms with Crippen molar-refractivity contribution >= 4 is 0 Å². The van der Waals surface area contributed by atoms with Gasteiger partial charge in [-0.25, -0.2) is 0 Å². The highest BCUT2D eigenvalue weighted by Gasteiger charge is 2.18. The minimum absolute atomic E-state index is 0.385. The van der Waals surface area contributed by atoms with Gasteiger partial charge in [-0.1, -0.05) is 12.1 Å². The van der Waals surface area contributed by atoms with Gasteiger partial charge in [0.05, 0.1) is 6.61 Å². The van der Waals surface area contributed by atoms with Gasteiger partial charge in [0, 0.05) is 19.1 Å². The van der Waals surface area contributed by atoms with Crippen molar-refractivity contribution in [3.63, 3.8) is 0 Å². The molecule has 0 radical (unpaired) electrons. The summed E-state index contributed by atoms with van der Waals surface area (Å²) >= 11 is 0. The molecule has 2 rings (SSSR count). The minimum atomic E-state index is 0.385. The third-order valence-electron chi connectivity index (χ3n) is 3.26. The molecule has 3 heteroatoms. The van der Waals surface area contributed by atoms with E-state index in [4.69, 9.17) is 10.5 Å². The minimum Gasteiger partial charge on any atom is -0.494 e. The van der Waals surface area contributed by atoms with Crippen LogP contribution in [0, 0.1) is 0 Å². The van der Waals surface area contributed by atoms with Crippen LogP contribution >= 0.6 is 0 Å². The highest BCUT2D eigenvalue weighted by atomic mass is 16.5. The van der Waals surface area contributed by atoms with Crippen LogP contribution in [0.3, 0.4) is 0 Å². The van der Waals surface area contributed by atoms with Crippen molar-refractivity contribution in [3.05, 3.63) is 29.8 Å². The van der Waals surface area contributed by atoms with Crippen LogP contribution < -0.4 is 10.5 Å². The fourth-order valence-corrected chi connectivity index (χ4v) is 2.27. The summed E-state index contributed by atoms with van der Waals surface area (Å²) in [4.78, 5) is 2.45. The summed E-state index contributed by atoms with van der Waals surface area (Å²) in [6.45, 7) is 6.05. The molecule has 0 bridgehead atoms. The Hall–Kier alpha value is -1.06. The second-order valence-electron chi connectivity index (χ2n) is 4.68. The molecule has 0 amide bonds. The molecule has 17 heavy (non-hydrogen) atoms. The van der Waals surface area contributed by atoms with Crippen molar-refractivity contribution in [1.82, 2.24) is 4.90 Å². The Balaban J connectivity index is 1.78. The van der Waals surface area contributed by atoms with Crippen molar-refractivity contribution in [2.75, 3.05) is 26.2 Å². The summed E-state index contributed by atoms with van der Waals surface area (Å²) in [5.41, 5.74) is 7.26. The quantitative estimate of drug-likeness (QED) is 0.842. The first-order chi connectivity index (χ1) is 8.28. The van der Waals surface area contributed by atoms with Gasteiger partial charge in [0.25, 0.3) is 0 Å². The van der Waals surface area contributed by atoms with Gasteiger partial charge in [-0.3, -0.25) is 0 Å². The predicted octanol–water partition coefficient (Wildman–Crippen LogP) is 1.66. The van der Waals surface area contributed by atoms with Crippen LogP contribution in [0.25, 0.3) is 0 Å². The Morgan fingerprint density at radius 1 is 1.35 bits per heavy atom. The van der Waals surface area contributed by atoms with E-state index >= 15 is 0 Å². The number of nitrogens with zero attached hydrogens (tertiary/aromatic N) is 1. The number of likely N-dealkylation sites (tertiary alicyclic amines) is 1. The lowest BCUT2D eigenvalue weighted by molar-refractivity contribution is 0.336. The summed E-state index contributed by atoms with van der Waals surface area (Å²) in [5, 5.41) is 0. The van der Waals surface area contributed by atoms with Gasteiger partial charge >= 0.3 is 0 Å². The average molecular weight is 234 g/mol. The summed E-state index contributed by atoms with van der Waals surface area (Å²) in [7, 11) is 0. The highest BCUT2D eigenvalue weighted by Crippen LogP contribution is 2.14. The first-order valence-electron chi connectivity index (χ1n) is 6.47. The van der Waals surface area contributed by atoms with E-state index in [1.807, 2.05) is 6.92 Å². The van der Waals surface area contributed by atoms with Gasteiger partial charge in [0.1, 0.15) is 5.75 Å². The van der Waals surface area contributed by atoms with Gasteiger partial charge in [0.2, 0.25) is 0 Å². The van der Waals surface area contributed by atoms with E-state index in [2.05, 4.69) is 29.2 Å². The maximum absolute atomic E-state index is 5.89. The lowest BCUT2D eigenvalue weighted by Crippen LogP contribution is -2.28. The molecule has 1 saturated heterocycles. The standard InChI is InChI=1S/C14H22N2O/c1-2-17-14-5-3-12(4-6-14)7-9-16-10-8-13(15)11-16/h3-6,13H,2,7-11,15H2,1H3. The molecule has 1 aliphatic rings. The second kappa shape index (κ2) is 6.03. The molecule has 1 aromatic rings. The van der Waals surface area contributed by atoms with Gasteiger partial charge in [-0.05, 0) is 44.0 Å². The van der Waals surface area contributed by atoms with Gasteiger partial charge < -0.3 is 15.4 Å². The molecular formula is C14H22N2O. The van der Waals surface area contributed by atoms with Gasteiger partial charge in [-0.15, -0.1) is 0 Å². The second-order valence-corrected chi connectivity index (χ2v) is 4.68. The molecule has 94 valence electrons. The Bertz CT molecular complexity index is 337. The van der Waals surface area contributed by atoms with E-state index in [1.165, 1.54) is 5.56 Å². The van der Waals surface area contributed by atoms with E-state index in [0.29, 0.717) is 6.04 Å². The van der Waals surface area contributed by atoms with E-state index in [1.54, 1.807) is 0 Å². The Labute approximate surface area is 104 Å².